The Morgan fingerprint density at radius 2 is 1.95 bits per heavy atom. The van der Waals surface area contributed by atoms with Crippen LogP contribution >= 0.6 is 38.9 Å². The number of thiazole rings is 1. The van der Waals surface area contributed by atoms with E-state index < -0.39 is 0 Å². The zero-order chi connectivity index (χ0) is 14.7. The van der Waals surface area contributed by atoms with Crippen molar-refractivity contribution in [2.24, 2.45) is 0 Å². The average Bonchev–Trinajstić information content (AvgIpc) is 2.98. The molecule has 106 valence electrons. The van der Waals surface area contributed by atoms with E-state index in [1.807, 2.05) is 36.4 Å². The summed E-state index contributed by atoms with van der Waals surface area (Å²) in [5.41, 5.74) is 3.15. The molecule has 0 atom stereocenters. The summed E-state index contributed by atoms with van der Waals surface area (Å²) in [5, 5.41) is 7.17. The van der Waals surface area contributed by atoms with Gasteiger partial charge in [-0.1, -0.05) is 41.9 Å². The maximum Gasteiger partial charge on any atom is 0.112 e. The van der Waals surface area contributed by atoms with Crippen molar-refractivity contribution in [2.45, 2.75) is 6.54 Å². The van der Waals surface area contributed by atoms with Gasteiger partial charge >= 0.3 is 0 Å². The second kappa shape index (κ2) is 6.60. The highest BCUT2D eigenvalue weighted by molar-refractivity contribution is 9.10. The van der Waals surface area contributed by atoms with Gasteiger partial charge in [-0.15, -0.1) is 11.3 Å². The summed E-state index contributed by atoms with van der Waals surface area (Å²) in [4.78, 5) is 4.65. The first-order valence-electron chi connectivity index (χ1n) is 6.41. The predicted octanol–water partition coefficient (Wildman–Crippen LogP) is 5.84. The van der Waals surface area contributed by atoms with Crippen LogP contribution in [0.15, 0.2) is 58.4 Å². The molecule has 5 heteroatoms. The number of nitrogens with zero attached hydrogens (tertiary/aromatic N) is 1. The van der Waals surface area contributed by atoms with E-state index in [1.165, 1.54) is 0 Å². The molecule has 1 heterocycles. The van der Waals surface area contributed by atoms with Crippen molar-refractivity contribution in [3.05, 3.63) is 68.4 Å². The van der Waals surface area contributed by atoms with E-state index in [-0.39, 0.29) is 0 Å². The van der Waals surface area contributed by atoms with E-state index in [4.69, 9.17) is 11.6 Å². The van der Waals surface area contributed by atoms with E-state index in [2.05, 4.69) is 43.7 Å². The number of aromatic nitrogens is 1. The number of anilines is 1. The summed E-state index contributed by atoms with van der Waals surface area (Å²) in [5.74, 6) is 0. The van der Waals surface area contributed by atoms with Gasteiger partial charge in [0, 0.05) is 21.1 Å². The Labute approximate surface area is 140 Å². The highest BCUT2D eigenvalue weighted by Crippen LogP contribution is 2.26. The maximum atomic E-state index is 6.08. The lowest BCUT2D eigenvalue weighted by atomic mass is 10.2. The molecule has 0 saturated heterocycles. The van der Waals surface area contributed by atoms with E-state index in [0.717, 1.165) is 26.4 Å². The van der Waals surface area contributed by atoms with Crippen molar-refractivity contribution in [1.29, 1.82) is 0 Å². The third-order valence-electron chi connectivity index (χ3n) is 2.98. The Morgan fingerprint density at radius 3 is 2.71 bits per heavy atom. The van der Waals surface area contributed by atoms with E-state index in [9.17, 15) is 0 Å². The summed E-state index contributed by atoms with van der Waals surface area (Å²) in [6.45, 7) is 0.690. The monoisotopic (exact) mass is 378 g/mol. The van der Waals surface area contributed by atoms with Gasteiger partial charge in [0.25, 0.3) is 0 Å². The summed E-state index contributed by atoms with van der Waals surface area (Å²) >= 11 is 11.1. The Balaban J connectivity index is 1.69. The maximum absolute atomic E-state index is 6.08. The highest BCUT2D eigenvalue weighted by Gasteiger charge is 2.05. The van der Waals surface area contributed by atoms with Crippen LogP contribution in [0.4, 0.5) is 5.69 Å². The van der Waals surface area contributed by atoms with Gasteiger partial charge in [0.15, 0.2) is 0 Å². The number of halogens is 2. The Bertz CT molecular complexity index is 743. The van der Waals surface area contributed by atoms with E-state index >= 15 is 0 Å². The topological polar surface area (TPSA) is 24.9 Å². The molecule has 3 aromatic rings. The molecule has 0 aliphatic carbocycles. The van der Waals surface area contributed by atoms with Gasteiger partial charge < -0.3 is 5.32 Å². The Hall–Kier alpha value is -1.36. The molecule has 0 bridgehead atoms. The normalized spacial score (nSPS) is 10.6. The first-order valence-corrected chi connectivity index (χ1v) is 8.46. The fraction of sp³-hybridized carbons (Fsp3) is 0.0625. The number of nitrogens with one attached hydrogen (secondary N) is 1. The van der Waals surface area contributed by atoms with Crippen molar-refractivity contribution in [3.63, 3.8) is 0 Å². The molecule has 21 heavy (non-hydrogen) atoms. The molecule has 0 unspecified atom stereocenters. The van der Waals surface area contributed by atoms with E-state index in [0.29, 0.717) is 11.6 Å². The molecule has 1 aromatic heterocycles. The summed E-state index contributed by atoms with van der Waals surface area (Å²) < 4.78 is 0.898. The van der Waals surface area contributed by atoms with Crippen molar-refractivity contribution in [3.8, 4) is 11.3 Å². The van der Waals surface area contributed by atoms with Crippen LogP contribution in [0.5, 0.6) is 0 Å². The largest absolute Gasteiger partial charge is 0.378 e. The van der Waals surface area contributed by atoms with Gasteiger partial charge in [0.05, 0.1) is 17.3 Å². The third-order valence-corrected chi connectivity index (χ3v) is 5.07. The molecule has 0 aliphatic rings. The number of rotatable bonds is 4. The lowest BCUT2D eigenvalue weighted by Crippen LogP contribution is -1.98. The summed E-state index contributed by atoms with van der Waals surface area (Å²) in [7, 11) is 0. The van der Waals surface area contributed by atoms with Gasteiger partial charge in [-0.2, -0.15) is 0 Å². The zero-order valence-electron chi connectivity index (χ0n) is 11.0. The van der Waals surface area contributed by atoms with Crippen LogP contribution in [-0.4, -0.2) is 4.98 Å². The van der Waals surface area contributed by atoms with E-state index in [1.54, 1.807) is 11.3 Å². The molecule has 1 N–H and O–H groups in total. The number of hydrogen-bond donors (Lipinski definition) is 1. The van der Waals surface area contributed by atoms with Crippen LogP contribution in [0.25, 0.3) is 11.3 Å². The molecular weight excluding hydrogens is 368 g/mol. The van der Waals surface area contributed by atoms with Crippen LogP contribution in [0, 0.1) is 0 Å². The molecule has 0 spiro atoms. The first kappa shape index (κ1) is 14.6. The van der Waals surface area contributed by atoms with Crippen molar-refractivity contribution < 1.29 is 0 Å². The first-order chi connectivity index (χ1) is 10.2. The number of benzene rings is 2. The molecule has 3 rings (SSSR count). The fourth-order valence-corrected chi connectivity index (χ4v) is 3.09. The molecular formula is C16H12BrClN2S. The third kappa shape index (κ3) is 3.64. The van der Waals surface area contributed by atoms with Gasteiger partial charge in [0.2, 0.25) is 0 Å². The van der Waals surface area contributed by atoms with Crippen molar-refractivity contribution in [2.75, 3.05) is 5.32 Å². The quantitative estimate of drug-likeness (QED) is 0.616. The van der Waals surface area contributed by atoms with Crippen molar-refractivity contribution >= 4 is 44.6 Å². The fourth-order valence-electron chi connectivity index (χ4n) is 1.92. The van der Waals surface area contributed by atoms with Crippen LogP contribution < -0.4 is 5.32 Å². The SMILES string of the molecule is Clc1cc(NCc2nc(-c3ccccc3)cs2)ccc1Br. The molecule has 0 fully saturated rings. The average molecular weight is 380 g/mol. The van der Waals surface area contributed by atoms with Crippen LogP contribution in [-0.2, 0) is 6.54 Å². The zero-order valence-corrected chi connectivity index (χ0v) is 14.2. The number of hydrogen-bond acceptors (Lipinski definition) is 3. The Kier molecular flexibility index (Phi) is 4.58. The lowest BCUT2D eigenvalue weighted by molar-refractivity contribution is 1.11. The molecule has 2 aromatic carbocycles. The van der Waals surface area contributed by atoms with Crippen molar-refractivity contribution in [1.82, 2.24) is 4.98 Å². The lowest BCUT2D eigenvalue weighted by Gasteiger charge is -2.05. The van der Waals surface area contributed by atoms with Crippen LogP contribution in [0.3, 0.4) is 0 Å². The second-order valence-electron chi connectivity index (χ2n) is 4.47. The predicted molar refractivity (Wildman–Crippen MR) is 94.0 cm³/mol. The van der Waals surface area contributed by atoms with Crippen LogP contribution in [0.2, 0.25) is 5.02 Å². The standard InChI is InChI=1S/C16H12BrClN2S/c17-13-7-6-12(8-14(13)18)19-9-16-20-15(10-21-16)11-4-2-1-3-5-11/h1-8,10,19H,9H2. The molecule has 0 radical (unpaired) electrons. The molecule has 2 nitrogen and oxygen atoms in total. The smallest absolute Gasteiger partial charge is 0.112 e. The minimum absolute atomic E-state index is 0.690. The molecule has 0 amide bonds. The van der Waals surface area contributed by atoms with Crippen LogP contribution in [0.1, 0.15) is 5.01 Å². The van der Waals surface area contributed by atoms with Gasteiger partial charge in [0.1, 0.15) is 5.01 Å². The minimum Gasteiger partial charge on any atom is -0.378 e. The Morgan fingerprint density at radius 1 is 1.14 bits per heavy atom. The second-order valence-corrected chi connectivity index (χ2v) is 6.68. The molecule has 0 saturated carbocycles. The van der Waals surface area contributed by atoms with Gasteiger partial charge in [-0.25, -0.2) is 4.98 Å². The summed E-state index contributed by atoms with van der Waals surface area (Å²) in [6.07, 6.45) is 0. The minimum atomic E-state index is 0.690. The van der Waals surface area contributed by atoms with Gasteiger partial charge in [-0.05, 0) is 34.1 Å². The summed E-state index contributed by atoms with van der Waals surface area (Å²) in [6, 6.07) is 16.0. The highest BCUT2D eigenvalue weighted by atomic mass is 79.9. The molecule has 0 aliphatic heterocycles. The van der Waals surface area contributed by atoms with Gasteiger partial charge in [-0.3, -0.25) is 0 Å².